The summed E-state index contributed by atoms with van der Waals surface area (Å²) in [5.41, 5.74) is 5.84. The minimum Gasteiger partial charge on any atom is -0.376 e. The van der Waals surface area contributed by atoms with Gasteiger partial charge in [-0.25, -0.2) is 0 Å². The molecule has 1 saturated heterocycles. The third kappa shape index (κ3) is 2.96. The molecule has 1 heterocycles. The maximum absolute atomic E-state index is 6.10. The van der Waals surface area contributed by atoms with Gasteiger partial charge >= 0.3 is 0 Å². The summed E-state index contributed by atoms with van der Waals surface area (Å²) in [5, 5.41) is 0. The van der Waals surface area contributed by atoms with E-state index in [1.54, 1.807) is 0 Å². The predicted molar refractivity (Wildman–Crippen MR) is 64.3 cm³/mol. The highest BCUT2D eigenvalue weighted by atomic mass is 16.5. The van der Waals surface area contributed by atoms with Gasteiger partial charge in [0.25, 0.3) is 0 Å². The van der Waals surface area contributed by atoms with E-state index in [-0.39, 0.29) is 5.60 Å². The second-order valence-corrected chi connectivity index (χ2v) is 5.53. The first-order valence-electron chi connectivity index (χ1n) is 6.70. The van der Waals surface area contributed by atoms with E-state index in [4.69, 9.17) is 15.2 Å². The molecule has 2 N–H and O–H groups in total. The summed E-state index contributed by atoms with van der Waals surface area (Å²) in [5.74, 6) is 0.760. The van der Waals surface area contributed by atoms with E-state index in [9.17, 15) is 0 Å². The number of ether oxygens (including phenoxy) is 2. The van der Waals surface area contributed by atoms with Crippen LogP contribution in [0, 0.1) is 5.92 Å². The fraction of sp³-hybridized carbons (Fsp3) is 1.00. The molecule has 0 radical (unpaired) electrons. The highest BCUT2D eigenvalue weighted by Gasteiger charge is 2.37. The second-order valence-electron chi connectivity index (χ2n) is 5.53. The minimum absolute atomic E-state index is 0.0414. The maximum Gasteiger partial charge on any atom is 0.0808 e. The van der Waals surface area contributed by atoms with Crippen LogP contribution >= 0.6 is 0 Å². The van der Waals surface area contributed by atoms with Gasteiger partial charge in [0.05, 0.1) is 18.3 Å². The normalized spacial score (nSPS) is 40.1. The first kappa shape index (κ1) is 12.3. The van der Waals surface area contributed by atoms with Gasteiger partial charge in [-0.2, -0.15) is 0 Å². The summed E-state index contributed by atoms with van der Waals surface area (Å²) in [6.45, 7) is 4.59. The topological polar surface area (TPSA) is 44.5 Å². The van der Waals surface area contributed by atoms with Gasteiger partial charge in [-0.1, -0.05) is 6.92 Å². The molecule has 3 heteroatoms. The van der Waals surface area contributed by atoms with E-state index in [2.05, 4.69) is 6.92 Å². The Balaban J connectivity index is 1.78. The molecule has 0 aromatic carbocycles. The molecule has 1 aliphatic heterocycles. The van der Waals surface area contributed by atoms with Crippen LogP contribution in [-0.2, 0) is 9.47 Å². The number of rotatable bonds is 4. The highest BCUT2D eigenvalue weighted by molar-refractivity contribution is 4.90. The molecule has 16 heavy (non-hydrogen) atoms. The van der Waals surface area contributed by atoms with Crippen LogP contribution in [0.25, 0.3) is 0 Å². The molecule has 0 aromatic rings. The molecule has 2 aliphatic rings. The van der Waals surface area contributed by atoms with E-state index < -0.39 is 0 Å². The first-order chi connectivity index (χ1) is 7.74. The van der Waals surface area contributed by atoms with Crippen molar-refractivity contribution in [3.63, 3.8) is 0 Å². The molecule has 94 valence electrons. The van der Waals surface area contributed by atoms with Crippen LogP contribution in [0.15, 0.2) is 0 Å². The van der Waals surface area contributed by atoms with E-state index in [0.29, 0.717) is 12.6 Å². The molecule has 0 aromatic heterocycles. The molecule has 0 spiro atoms. The maximum atomic E-state index is 6.10. The Hall–Kier alpha value is -0.120. The summed E-state index contributed by atoms with van der Waals surface area (Å²) in [7, 11) is 0. The van der Waals surface area contributed by atoms with Crippen LogP contribution in [0.1, 0.15) is 45.4 Å². The van der Waals surface area contributed by atoms with Crippen molar-refractivity contribution < 1.29 is 9.47 Å². The Bertz CT molecular complexity index is 216. The third-order valence-corrected chi connectivity index (χ3v) is 4.03. The van der Waals surface area contributed by atoms with Crippen molar-refractivity contribution in [1.29, 1.82) is 0 Å². The molecule has 3 nitrogen and oxygen atoms in total. The van der Waals surface area contributed by atoms with Gasteiger partial charge in [0.15, 0.2) is 0 Å². The zero-order valence-corrected chi connectivity index (χ0v) is 10.4. The minimum atomic E-state index is -0.0414. The van der Waals surface area contributed by atoms with Crippen molar-refractivity contribution in [2.75, 3.05) is 19.8 Å². The van der Waals surface area contributed by atoms with Crippen molar-refractivity contribution in [3.8, 4) is 0 Å². The SMILES string of the molecule is CC1CCC(CN)(OCC2CCCCO2)C1. The Morgan fingerprint density at radius 2 is 2.25 bits per heavy atom. The van der Waals surface area contributed by atoms with Gasteiger partial charge < -0.3 is 15.2 Å². The Morgan fingerprint density at radius 1 is 1.38 bits per heavy atom. The lowest BCUT2D eigenvalue weighted by molar-refractivity contribution is -0.102. The molecule has 3 unspecified atom stereocenters. The van der Waals surface area contributed by atoms with Gasteiger partial charge in [0.1, 0.15) is 0 Å². The van der Waals surface area contributed by atoms with Crippen molar-refractivity contribution in [2.24, 2.45) is 11.7 Å². The number of hydrogen-bond acceptors (Lipinski definition) is 3. The Kier molecular flexibility index (Phi) is 4.22. The molecular weight excluding hydrogens is 202 g/mol. The van der Waals surface area contributed by atoms with Crippen LogP contribution in [0.5, 0.6) is 0 Å². The number of nitrogens with two attached hydrogens (primary N) is 1. The largest absolute Gasteiger partial charge is 0.376 e. The van der Waals surface area contributed by atoms with Crippen LogP contribution in [-0.4, -0.2) is 31.5 Å². The monoisotopic (exact) mass is 227 g/mol. The van der Waals surface area contributed by atoms with E-state index >= 15 is 0 Å². The van der Waals surface area contributed by atoms with Gasteiger partial charge in [-0.3, -0.25) is 0 Å². The van der Waals surface area contributed by atoms with E-state index in [0.717, 1.165) is 38.4 Å². The highest BCUT2D eigenvalue weighted by Crippen LogP contribution is 2.36. The molecule has 3 atom stereocenters. The van der Waals surface area contributed by atoms with Gasteiger partial charge in [-0.05, 0) is 44.4 Å². The van der Waals surface area contributed by atoms with Crippen molar-refractivity contribution in [3.05, 3.63) is 0 Å². The molecule has 2 fully saturated rings. The molecule has 2 rings (SSSR count). The van der Waals surface area contributed by atoms with Gasteiger partial charge in [0, 0.05) is 13.2 Å². The molecular formula is C13H25NO2. The van der Waals surface area contributed by atoms with E-state index in [1.807, 2.05) is 0 Å². The standard InChI is InChI=1S/C13H25NO2/c1-11-5-6-13(8-11,10-14)16-9-12-4-2-3-7-15-12/h11-12H,2-10,14H2,1H3. The fourth-order valence-electron chi connectivity index (χ4n) is 2.93. The van der Waals surface area contributed by atoms with Crippen LogP contribution in [0.2, 0.25) is 0 Å². The van der Waals surface area contributed by atoms with E-state index in [1.165, 1.54) is 19.3 Å². The fourth-order valence-corrected chi connectivity index (χ4v) is 2.93. The third-order valence-electron chi connectivity index (χ3n) is 4.03. The van der Waals surface area contributed by atoms with Gasteiger partial charge in [0.2, 0.25) is 0 Å². The smallest absolute Gasteiger partial charge is 0.0808 e. The van der Waals surface area contributed by atoms with Gasteiger partial charge in [-0.15, -0.1) is 0 Å². The van der Waals surface area contributed by atoms with Crippen molar-refractivity contribution in [1.82, 2.24) is 0 Å². The summed E-state index contributed by atoms with van der Waals surface area (Å²) in [4.78, 5) is 0. The van der Waals surface area contributed by atoms with Crippen LogP contribution in [0.3, 0.4) is 0 Å². The second kappa shape index (κ2) is 5.48. The molecule has 1 saturated carbocycles. The zero-order valence-electron chi connectivity index (χ0n) is 10.4. The molecule has 0 bridgehead atoms. The lowest BCUT2D eigenvalue weighted by Crippen LogP contribution is -2.41. The zero-order chi connectivity index (χ0) is 11.4. The molecule has 0 amide bonds. The first-order valence-corrected chi connectivity index (χ1v) is 6.70. The average molecular weight is 227 g/mol. The average Bonchev–Trinajstić information content (AvgIpc) is 2.71. The van der Waals surface area contributed by atoms with Crippen LogP contribution < -0.4 is 5.73 Å². The Labute approximate surface area is 98.7 Å². The van der Waals surface area contributed by atoms with Crippen molar-refractivity contribution >= 4 is 0 Å². The lowest BCUT2D eigenvalue weighted by atomic mass is 10.0. The summed E-state index contributed by atoms with van der Waals surface area (Å²) in [6, 6.07) is 0. The summed E-state index contributed by atoms with van der Waals surface area (Å²) >= 11 is 0. The van der Waals surface area contributed by atoms with Crippen LogP contribution in [0.4, 0.5) is 0 Å². The van der Waals surface area contributed by atoms with Crippen molar-refractivity contribution in [2.45, 2.75) is 57.2 Å². The predicted octanol–water partition coefficient (Wildman–Crippen LogP) is 2.09. The summed E-state index contributed by atoms with van der Waals surface area (Å²) < 4.78 is 11.8. The molecule has 1 aliphatic carbocycles. The summed E-state index contributed by atoms with van der Waals surface area (Å²) in [6.07, 6.45) is 7.44. The number of hydrogen-bond donors (Lipinski definition) is 1. The Morgan fingerprint density at radius 3 is 2.81 bits per heavy atom. The quantitative estimate of drug-likeness (QED) is 0.800. The lowest BCUT2D eigenvalue weighted by Gasteiger charge is -2.31.